The molecule has 0 fully saturated rings. The first-order valence-corrected chi connectivity index (χ1v) is 14.3. The molecule has 0 aliphatic heterocycles. The van der Waals surface area contributed by atoms with Gasteiger partial charge in [-0.25, -0.2) is 9.59 Å². The predicted molar refractivity (Wildman–Crippen MR) is 162 cm³/mol. The zero-order valence-corrected chi connectivity index (χ0v) is 24.0. The van der Waals surface area contributed by atoms with E-state index in [1.165, 1.54) is 82.0 Å². The molecule has 0 amide bonds. The predicted octanol–water partition coefficient (Wildman–Crippen LogP) is 6.69. The van der Waals surface area contributed by atoms with Gasteiger partial charge < -0.3 is 10.2 Å². The van der Waals surface area contributed by atoms with Crippen LogP contribution in [0.5, 0.6) is 0 Å². The van der Waals surface area contributed by atoms with Crippen LogP contribution in [0.25, 0.3) is 12.2 Å². The number of aromatic nitrogens is 1. The Kier molecular flexibility index (Phi) is 8.57. The zero-order chi connectivity index (χ0) is 29.1. The molecule has 2 N–H and O–H groups in total. The van der Waals surface area contributed by atoms with Crippen LogP contribution in [0.15, 0.2) is 67.0 Å². The summed E-state index contributed by atoms with van der Waals surface area (Å²) in [5, 5.41) is 24.2. The molecular formula is C34H29Cl2NO4. The Morgan fingerprint density at radius 1 is 0.902 bits per heavy atom. The molecule has 1 unspecified atom stereocenters. The third kappa shape index (κ3) is 6.22. The van der Waals surface area contributed by atoms with E-state index in [0.717, 1.165) is 17.9 Å². The molecular weight excluding hydrogens is 557 g/mol. The van der Waals surface area contributed by atoms with Crippen molar-refractivity contribution in [3.05, 3.63) is 131 Å². The van der Waals surface area contributed by atoms with Gasteiger partial charge in [0.1, 0.15) is 0 Å². The van der Waals surface area contributed by atoms with E-state index in [4.69, 9.17) is 33.4 Å². The van der Waals surface area contributed by atoms with Crippen LogP contribution in [0.3, 0.4) is 0 Å². The Balaban J connectivity index is 0.000000219. The monoisotopic (exact) mass is 585 g/mol. The number of carboxylic acids is 2. The molecule has 0 saturated heterocycles. The Hall–Kier alpha value is -3.93. The number of carboxylic acid groups (broad SMARTS) is 2. The van der Waals surface area contributed by atoms with E-state index < -0.39 is 11.9 Å². The summed E-state index contributed by atoms with van der Waals surface area (Å²) >= 11 is 12.4. The number of hydrogen-bond acceptors (Lipinski definition) is 3. The van der Waals surface area contributed by atoms with Crippen LogP contribution in [-0.4, -0.2) is 27.1 Å². The van der Waals surface area contributed by atoms with Gasteiger partial charge in [0.2, 0.25) is 0 Å². The van der Waals surface area contributed by atoms with Gasteiger partial charge in [-0.3, -0.25) is 4.98 Å². The van der Waals surface area contributed by atoms with Crippen LogP contribution in [0.1, 0.15) is 68.2 Å². The molecule has 41 heavy (non-hydrogen) atoms. The molecule has 6 rings (SSSR count). The molecule has 0 spiro atoms. The molecule has 1 heterocycles. The first-order valence-electron chi connectivity index (χ1n) is 13.5. The van der Waals surface area contributed by atoms with Crippen molar-refractivity contribution >= 4 is 47.3 Å². The maximum absolute atomic E-state index is 10.6. The molecule has 208 valence electrons. The molecule has 3 aromatic carbocycles. The van der Waals surface area contributed by atoms with E-state index in [9.17, 15) is 9.59 Å². The second-order valence-electron chi connectivity index (χ2n) is 10.3. The highest BCUT2D eigenvalue weighted by atomic mass is 35.5. The van der Waals surface area contributed by atoms with Crippen molar-refractivity contribution in [2.75, 3.05) is 0 Å². The summed E-state index contributed by atoms with van der Waals surface area (Å²) < 4.78 is 0. The fourth-order valence-electron chi connectivity index (χ4n) is 5.80. The third-order valence-electron chi connectivity index (χ3n) is 7.74. The summed E-state index contributed by atoms with van der Waals surface area (Å²) in [4.78, 5) is 25.5. The van der Waals surface area contributed by atoms with Gasteiger partial charge in [0, 0.05) is 23.3 Å². The lowest BCUT2D eigenvalue weighted by Gasteiger charge is -2.24. The van der Waals surface area contributed by atoms with E-state index in [-0.39, 0.29) is 16.7 Å². The van der Waals surface area contributed by atoms with Crippen molar-refractivity contribution in [1.29, 1.82) is 0 Å². The van der Waals surface area contributed by atoms with Crippen LogP contribution in [0.4, 0.5) is 0 Å². The van der Waals surface area contributed by atoms with Crippen molar-refractivity contribution in [1.82, 2.24) is 4.98 Å². The van der Waals surface area contributed by atoms with Gasteiger partial charge in [-0.1, -0.05) is 59.6 Å². The smallest absolute Gasteiger partial charge is 0.335 e. The Morgan fingerprint density at radius 3 is 2.34 bits per heavy atom. The maximum Gasteiger partial charge on any atom is 0.335 e. The van der Waals surface area contributed by atoms with Crippen LogP contribution >= 0.6 is 23.2 Å². The number of carbonyl (C=O) groups is 2. The minimum absolute atomic E-state index is 0.0277. The average molecular weight is 587 g/mol. The fraction of sp³-hybridized carbons (Fsp3) is 0.206. The van der Waals surface area contributed by atoms with E-state index >= 15 is 0 Å². The summed E-state index contributed by atoms with van der Waals surface area (Å²) in [5.41, 5.74) is 4.58. The van der Waals surface area contributed by atoms with Gasteiger partial charge in [0.25, 0.3) is 0 Å². The lowest BCUT2D eigenvalue weighted by Crippen LogP contribution is -2.22. The number of pyridine rings is 1. The standard InChI is InChI=1S/C25H21Cl2N.C9H8O4/c26-20-8-10-22-19(13-20)12-18(6-5-16-11-21(27)15-28-14-16)25-23-4-2-1-3-17(23)7-9-24(22)25;1-5-6(8(10)11)3-2-4-7(5)9(12)13/h3,7-15,18H,1-2,4-6H2;2-4H,1H3,(H,10,11)(H,12,13). The highest BCUT2D eigenvalue weighted by molar-refractivity contribution is 6.30. The van der Waals surface area contributed by atoms with Crippen molar-refractivity contribution in [2.24, 2.45) is 0 Å². The molecule has 5 nitrogen and oxygen atoms in total. The number of rotatable bonds is 5. The average Bonchev–Trinajstić information content (AvgIpc) is 2.95. The summed E-state index contributed by atoms with van der Waals surface area (Å²) in [6, 6.07) is 17.1. The molecule has 0 bridgehead atoms. The third-order valence-corrected chi connectivity index (χ3v) is 8.19. The number of benzene rings is 3. The molecule has 2 aliphatic rings. The molecule has 1 atom stereocenters. The highest BCUT2D eigenvalue weighted by Gasteiger charge is 2.20. The van der Waals surface area contributed by atoms with E-state index in [0.29, 0.717) is 10.9 Å². The van der Waals surface area contributed by atoms with Crippen LogP contribution in [0.2, 0.25) is 10.0 Å². The lowest BCUT2D eigenvalue weighted by atomic mass is 9.80. The van der Waals surface area contributed by atoms with Crippen molar-refractivity contribution in [3.63, 3.8) is 0 Å². The van der Waals surface area contributed by atoms with Gasteiger partial charge in [0.15, 0.2) is 0 Å². The topological polar surface area (TPSA) is 87.5 Å². The molecule has 7 heteroatoms. The number of halogens is 2. The number of aryl methyl sites for hydroxylation is 1. The SMILES string of the molecule is Cc1c(C(=O)O)cccc1C(=O)O.Clc1cncc(CCC2C=c3cc(Cl)ccc3=c3ccc4c(c32)CCCC=4)c1. The first kappa shape index (κ1) is 28.6. The second-order valence-corrected chi connectivity index (χ2v) is 11.2. The molecule has 0 radical (unpaired) electrons. The van der Waals surface area contributed by atoms with Crippen LogP contribution < -0.4 is 10.4 Å². The zero-order valence-electron chi connectivity index (χ0n) is 22.5. The largest absolute Gasteiger partial charge is 0.478 e. The molecule has 4 aromatic rings. The highest BCUT2D eigenvalue weighted by Crippen LogP contribution is 2.31. The van der Waals surface area contributed by atoms with E-state index in [1.807, 2.05) is 18.3 Å². The van der Waals surface area contributed by atoms with E-state index in [2.05, 4.69) is 41.4 Å². The van der Waals surface area contributed by atoms with Crippen LogP contribution in [-0.2, 0) is 12.8 Å². The minimum atomic E-state index is -1.11. The normalized spacial score (nSPS) is 14.7. The van der Waals surface area contributed by atoms with Crippen LogP contribution in [0, 0.1) is 17.4 Å². The van der Waals surface area contributed by atoms with Gasteiger partial charge in [0.05, 0.1) is 16.1 Å². The van der Waals surface area contributed by atoms with Gasteiger partial charge >= 0.3 is 11.9 Å². The first-order chi connectivity index (χ1) is 19.7. The number of hydrogen-bond donors (Lipinski definition) is 2. The number of fused-ring (bicyclic) bond motifs is 4. The van der Waals surface area contributed by atoms with Gasteiger partial charge in [-0.2, -0.15) is 0 Å². The summed E-state index contributed by atoms with van der Waals surface area (Å²) in [6.07, 6.45) is 14.0. The summed E-state index contributed by atoms with van der Waals surface area (Å²) in [7, 11) is 0. The quantitative estimate of drug-likeness (QED) is 0.272. The molecule has 0 saturated carbocycles. The second kappa shape index (κ2) is 12.3. The van der Waals surface area contributed by atoms with E-state index in [1.54, 1.807) is 6.20 Å². The fourth-order valence-corrected chi connectivity index (χ4v) is 6.18. The summed E-state index contributed by atoms with van der Waals surface area (Å²) in [5.74, 6) is -1.84. The summed E-state index contributed by atoms with van der Waals surface area (Å²) in [6.45, 7) is 1.48. The van der Waals surface area contributed by atoms with Crippen molar-refractivity contribution in [3.8, 4) is 0 Å². The Bertz CT molecular complexity index is 1850. The Morgan fingerprint density at radius 2 is 1.63 bits per heavy atom. The Labute approximate surface area is 247 Å². The van der Waals surface area contributed by atoms with Crippen molar-refractivity contribution < 1.29 is 19.8 Å². The molecule has 2 aliphatic carbocycles. The molecule has 1 aromatic heterocycles. The number of aromatic carboxylic acids is 2. The lowest BCUT2D eigenvalue weighted by molar-refractivity contribution is 0.0696. The van der Waals surface area contributed by atoms with Gasteiger partial charge in [-0.05, 0) is 112 Å². The van der Waals surface area contributed by atoms with Crippen molar-refractivity contribution in [2.45, 2.75) is 44.9 Å². The maximum atomic E-state index is 10.6. The minimum Gasteiger partial charge on any atom is -0.478 e. The van der Waals surface area contributed by atoms with Gasteiger partial charge in [-0.15, -0.1) is 0 Å². The number of nitrogens with zero attached hydrogens (tertiary/aromatic N) is 1.